The fraction of sp³-hybridized carbons (Fsp3) is 0.500. The van der Waals surface area contributed by atoms with Crippen LogP contribution in [0.5, 0.6) is 0 Å². The lowest BCUT2D eigenvalue weighted by Gasteiger charge is -2.27. The molecule has 4 N–H and O–H groups in total. The van der Waals surface area contributed by atoms with Crippen LogP contribution in [0.2, 0.25) is 0 Å². The standard InChI is InChI=1S/C24H31N7O2S.2ClH/c1-2-33-23(32)15-3-7-17(8-4-15)27-21-20-22(31(14-26-20)19-11-12-34-13-19)30-24(29-21)28-18-9-5-16(25)6-10-18;;/h3-4,7-8,14,16,18-19H,2,5-6,9-13,25H2,1H3,(H2,27,28,29,30);2*1H. The number of aromatic nitrogens is 4. The van der Waals surface area contributed by atoms with Crippen molar-refractivity contribution < 1.29 is 9.53 Å². The van der Waals surface area contributed by atoms with Crippen LogP contribution < -0.4 is 16.4 Å². The summed E-state index contributed by atoms with van der Waals surface area (Å²) in [6, 6.07) is 8.18. The molecule has 12 heteroatoms. The summed E-state index contributed by atoms with van der Waals surface area (Å²) in [7, 11) is 0. The Labute approximate surface area is 227 Å². The van der Waals surface area contributed by atoms with Gasteiger partial charge in [-0.3, -0.25) is 0 Å². The highest BCUT2D eigenvalue weighted by atomic mass is 35.5. The summed E-state index contributed by atoms with van der Waals surface area (Å²) in [5.74, 6) is 3.14. The second kappa shape index (κ2) is 12.8. The van der Waals surface area contributed by atoms with E-state index in [2.05, 4.69) is 20.2 Å². The molecule has 1 aliphatic heterocycles. The smallest absolute Gasteiger partial charge is 0.338 e. The number of nitrogens with one attached hydrogen (secondary N) is 2. The van der Waals surface area contributed by atoms with Crippen molar-refractivity contribution in [3.63, 3.8) is 0 Å². The van der Waals surface area contributed by atoms with E-state index in [0.717, 1.165) is 60.5 Å². The fourth-order valence-electron chi connectivity index (χ4n) is 4.56. The zero-order valence-electron chi connectivity index (χ0n) is 20.2. The number of rotatable bonds is 7. The second-order valence-electron chi connectivity index (χ2n) is 8.92. The number of ether oxygens (including phenoxy) is 1. The van der Waals surface area contributed by atoms with Crippen molar-refractivity contribution in [3.05, 3.63) is 36.2 Å². The van der Waals surface area contributed by atoms with Gasteiger partial charge in [0.1, 0.15) is 0 Å². The van der Waals surface area contributed by atoms with E-state index in [4.69, 9.17) is 20.4 Å². The molecular weight excluding hydrogens is 521 g/mol. The van der Waals surface area contributed by atoms with Crippen molar-refractivity contribution in [3.8, 4) is 0 Å². The minimum atomic E-state index is -0.328. The van der Waals surface area contributed by atoms with Crippen molar-refractivity contribution in [1.82, 2.24) is 19.5 Å². The van der Waals surface area contributed by atoms with Gasteiger partial charge < -0.3 is 25.7 Å². The van der Waals surface area contributed by atoms with Gasteiger partial charge in [0.05, 0.1) is 18.5 Å². The van der Waals surface area contributed by atoms with Gasteiger partial charge in [-0.05, 0) is 69.0 Å². The Bertz CT molecular complexity index is 1150. The van der Waals surface area contributed by atoms with Gasteiger partial charge >= 0.3 is 5.97 Å². The SMILES string of the molecule is CCOC(=O)c1ccc(Nc2nc(NC3CCC(N)CC3)nc3c2ncn3C2CCSC2)cc1.Cl.Cl. The Kier molecular flexibility index (Phi) is 10.1. The molecule has 1 aromatic carbocycles. The van der Waals surface area contributed by atoms with E-state index in [1.807, 2.05) is 30.2 Å². The Morgan fingerprint density at radius 1 is 1.14 bits per heavy atom. The molecule has 36 heavy (non-hydrogen) atoms. The number of carbonyl (C=O) groups excluding carboxylic acids is 1. The number of esters is 1. The maximum atomic E-state index is 12.0. The molecule has 1 aliphatic carbocycles. The monoisotopic (exact) mass is 553 g/mol. The van der Waals surface area contributed by atoms with E-state index < -0.39 is 0 Å². The molecule has 3 heterocycles. The minimum absolute atomic E-state index is 0. The zero-order valence-corrected chi connectivity index (χ0v) is 22.6. The second-order valence-corrected chi connectivity index (χ2v) is 10.1. The molecule has 0 radical (unpaired) electrons. The van der Waals surface area contributed by atoms with Gasteiger partial charge in [-0.2, -0.15) is 21.7 Å². The molecule has 1 saturated carbocycles. The van der Waals surface area contributed by atoms with Gasteiger partial charge in [0.15, 0.2) is 17.0 Å². The molecular formula is C24H33Cl2N7O2S. The number of thioether (sulfide) groups is 1. The van der Waals surface area contributed by atoms with Gasteiger partial charge in [0.2, 0.25) is 5.95 Å². The zero-order chi connectivity index (χ0) is 23.5. The Morgan fingerprint density at radius 3 is 2.56 bits per heavy atom. The Hall–Kier alpha value is -2.27. The lowest BCUT2D eigenvalue weighted by atomic mass is 9.92. The number of hydrogen-bond acceptors (Lipinski definition) is 9. The number of nitrogens with zero attached hydrogens (tertiary/aromatic N) is 4. The van der Waals surface area contributed by atoms with E-state index in [1.165, 1.54) is 0 Å². The minimum Gasteiger partial charge on any atom is -0.462 e. The quantitative estimate of drug-likeness (QED) is 0.349. The summed E-state index contributed by atoms with van der Waals surface area (Å²) < 4.78 is 7.27. The molecule has 3 aromatic rings. The van der Waals surface area contributed by atoms with E-state index in [0.29, 0.717) is 36.0 Å². The summed E-state index contributed by atoms with van der Waals surface area (Å²) in [6.45, 7) is 2.15. The summed E-state index contributed by atoms with van der Waals surface area (Å²) >= 11 is 1.96. The fourth-order valence-corrected chi connectivity index (χ4v) is 5.77. The van der Waals surface area contributed by atoms with Crippen LogP contribution >= 0.6 is 36.6 Å². The topological polar surface area (TPSA) is 120 Å². The lowest BCUT2D eigenvalue weighted by Crippen LogP contribution is -2.33. The van der Waals surface area contributed by atoms with Gasteiger partial charge in [-0.1, -0.05) is 0 Å². The molecule has 2 aliphatic rings. The van der Waals surface area contributed by atoms with Crippen LogP contribution in [0.15, 0.2) is 30.6 Å². The number of fused-ring (bicyclic) bond motifs is 1. The summed E-state index contributed by atoms with van der Waals surface area (Å²) in [5.41, 5.74) is 8.99. The number of hydrogen-bond donors (Lipinski definition) is 3. The lowest BCUT2D eigenvalue weighted by molar-refractivity contribution is 0.0526. The van der Waals surface area contributed by atoms with E-state index in [1.54, 1.807) is 19.1 Å². The molecule has 1 atom stereocenters. The molecule has 9 nitrogen and oxygen atoms in total. The first-order chi connectivity index (χ1) is 16.6. The van der Waals surface area contributed by atoms with Crippen molar-refractivity contribution in [2.75, 3.05) is 28.7 Å². The van der Waals surface area contributed by atoms with Crippen LogP contribution in [0, 0.1) is 0 Å². The summed E-state index contributed by atoms with van der Waals surface area (Å²) in [4.78, 5) is 26.3. The number of imidazole rings is 1. The van der Waals surface area contributed by atoms with E-state index >= 15 is 0 Å². The summed E-state index contributed by atoms with van der Waals surface area (Å²) in [6.07, 6.45) is 7.04. The highest BCUT2D eigenvalue weighted by Crippen LogP contribution is 2.33. The molecule has 0 spiro atoms. The average Bonchev–Trinajstić information content (AvgIpc) is 3.51. The van der Waals surface area contributed by atoms with Crippen molar-refractivity contribution in [1.29, 1.82) is 0 Å². The Balaban J connectivity index is 0.00000180. The number of benzene rings is 1. The van der Waals surface area contributed by atoms with Crippen molar-refractivity contribution in [2.24, 2.45) is 5.73 Å². The Morgan fingerprint density at radius 2 is 1.89 bits per heavy atom. The molecule has 0 amide bonds. The molecule has 2 fully saturated rings. The highest BCUT2D eigenvalue weighted by molar-refractivity contribution is 7.99. The largest absolute Gasteiger partial charge is 0.462 e. The number of halogens is 2. The van der Waals surface area contributed by atoms with Gasteiger partial charge in [-0.15, -0.1) is 24.8 Å². The third-order valence-electron chi connectivity index (χ3n) is 6.48. The third-order valence-corrected chi connectivity index (χ3v) is 7.63. The van der Waals surface area contributed by atoms with Crippen molar-refractivity contribution in [2.45, 2.75) is 57.2 Å². The van der Waals surface area contributed by atoms with Crippen molar-refractivity contribution >= 4 is 71.2 Å². The normalized spacial score (nSPS) is 21.3. The van der Waals surface area contributed by atoms with Crippen LogP contribution in [0.4, 0.5) is 17.5 Å². The van der Waals surface area contributed by atoms with Crippen LogP contribution in [0.1, 0.15) is 55.4 Å². The molecule has 1 saturated heterocycles. The first-order valence-electron chi connectivity index (χ1n) is 12.0. The predicted molar refractivity (Wildman–Crippen MR) is 150 cm³/mol. The van der Waals surface area contributed by atoms with E-state index in [-0.39, 0.29) is 36.8 Å². The van der Waals surface area contributed by atoms with Gasteiger partial charge in [0.25, 0.3) is 0 Å². The van der Waals surface area contributed by atoms with Crippen LogP contribution in [0.3, 0.4) is 0 Å². The number of nitrogens with two attached hydrogens (primary N) is 1. The maximum Gasteiger partial charge on any atom is 0.338 e. The maximum absolute atomic E-state index is 12.0. The predicted octanol–water partition coefficient (Wildman–Crippen LogP) is 4.95. The molecule has 196 valence electrons. The van der Waals surface area contributed by atoms with Crippen LogP contribution in [-0.4, -0.2) is 55.7 Å². The molecule has 0 bridgehead atoms. The molecule has 5 rings (SSSR count). The molecule has 2 aromatic heterocycles. The van der Waals surface area contributed by atoms with Gasteiger partial charge in [0, 0.05) is 29.6 Å². The highest BCUT2D eigenvalue weighted by Gasteiger charge is 2.24. The average molecular weight is 555 g/mol. The summed E-state index contributed by atoms with van der Waals surface area (Å²) in [5, 5.41) is 6.93. The first kappa shape index (κ1) is 28.3. The number of carbonyl (C=O) groups is 1. The van der Waals surface area contributed by atoms with Gasteiger partial charge in [-0.25, -0.2) is 9.78 Å². The van der Waals surface area contributed by atoms with E-state index in [9.17, 15) is 4.79 Å². The van der Waals surface area contributed by atoms with Crippen LogP contribution in [0.25, 0.3) is 11.2 Å². The number of anilines is 3. The third kappa shape index (κ3) is 6.34. The van der Waals surface area contributed by atoms with Crippen LogP contribution in [-0.2, 0) is 4.74 Å². The first-order valence-corrected chi connectivity index (χ1v) is 13.1. The molecule has 1 unspecified atom stereocenters.